The average Bonchev–Trinajstić information content (AvgIpc) is 2.46. The van der Waals surface area contributed by atoms with Crippen LogP contribution in [0.1, 0.15) is 20.3 Å². The molecule has 4 heteroatoms. The predicted molar refractivity (Wildman–Crippen MR) is 57.4 cm³/mol. The minimum Gasteiger partial charge on any atom is -0.326 e. The fourth-order valence-electron chi connectivity index (χ4n) is 1.66. The van der Waals surface area contributed by atoms with Crippen LogP contribution in [0.25, 0.3) is 0 Å². The van der Waals surface area contributed by atoms with Crippen molar-refractivity contribution in [3.63, 3.8) is 0 Å². The van der Waals surface area contributed by atoms with Gasteiger partial charge in [-0.2, -0.15) is 0 Å². The van der Waals surface area contributed by atoms with Gasteiger partial charge in [-0.25, -0.2) is 4.79 Å². The Labute approximate surface area is 86.2 Å². The summed E-state index contributed by atoms with van der Waals surface area (Å²) in [6.45, 7) is 7.85. The van der Waals surface area contributed by atoms with E-state index in [0.29, 0.717) is 6.04 Å². The minimum absolute atomic E-state index is 0.162. The molecule has 0 radical (unpaired) electrons. The monoisotopic (exact) mass is 199 g/mol. The van der Waals surface area contributed by atoms with Crippen LogP contribution in [0.2, 0.25) is 0 Å². The summed E-state index contributed by atoms with van der Waals surface area (Å²) in [7, 11) is 1.85. The Hall–Kier alpha value is -0.770. The molecule has 0 bridgehead atoms. The summed E-state index contributed by atoms with van der Waals surface area (Å²) in [5.41, 5.74) is 0. The topological polar surface area (TPSA) is 35.6 Å². The number of nitrogens with zero attached hydrogens (tertiary/aromatic N) is 2. The summed E-state index contributed by atoms with van der Waals surface area (Å²) >= 11 is 0. The highest BCUT2D eigenvalue weighted by atomic mass is 16.2. The third kappa shape index (κ3) is 2.87. The van der Waals surface area contributed by atoms with Crippen LogP contribution in [0.3, 0.4) is 0 Å². The Morgan fingerprint density at radius 1 is 1.50 bits per heavy atom. The molecule has 1 atom stereocenters. The number of hydrogen-bond acceptors (Lipinski definition) is 2. The molecule has 1 N–H and O–H groups in total. The van der Waals surface area contributed by atoms with Crippen LogP contribution >= 0.6 is 0 Å². The van der Waals surface area contributed by atoms with Crippen molar-refractivity contribution in [2.75, 3.05) is 33.2 Å². The second-order valence-electron chi connectivity index (χ2n) is 4.01. The molecule has 0 aliphatic carbocycles. The largest absolute Gasteiger partial charge is 0.326 e. The fraction of sp³-hybridized carbons (Fsp3) is 0.900. The van der Waals surface area contributed by atoms with Gasteiger partial charge in [0.25, 0.3) is 0 Å². The lowest BCUT2D eigenvalue weighted by Crippen LogP contribution is -2.41. The molecular formula is C10H21N3O. The normalized spacial score (nSPS) is 19.2. The third-order valence-electron chi connectivity index (χ3n) is 2.54. The molecule has 1 heterocycles. The van der Waals surface area contributed by atoms with Crippen LogP contribution in [0, 0.1) is 0 Å². The maximum Gasteiger partial charge on any atom is 0.319 e. The number of carbonyl (C=O) groups is 1. The van der Waals surface area contributed by atoms with E-state index in [1.165, 1.54) is 0 Å². The minimum atomic E-state index is 0.162. The SMILES string of the molecule is CCCNC(C)CN1CCN(C)C1=O. The summed E-state index contributed by atoms with van der Waals surface area (Å²) in [4.78, 5) is 15.2. The van der Waals surface area contributed by atoms with E-state index < -0.39 is 0 Å². The highest BCUT2D eigenvalue weighted by Gasteiger charge is 2.25. The summed E-state index contributed by atoms with van der Waals surface area (Å²) in [5, 5.41) is 3.38. The predicted octanol–water partition coefficient (Wildman–Crippen LogP) is 0.742. The Bertz CT molecular complexity index is 196. The van der Waals surface area contributed by atoms with Crippen molar-refractivity contribution in [2.24, 2.45) is 0 Å². The van der Waals surface area contributed by atoms with Crippen LogP contribution in [0.15, 0.2) is 0 Å². The molecule has 0 spiro atoms. The number of hydrogen-bond donors (Lipinski definition) is 1. The molecule has 0 aromatic rings. The molecule has 1 saturated heterocycles. The lowest BCUT2D eigenvalue weighted by atomic mass is 10.3. The first-order valence-corrected chi connectivity index (χ1v) is 5.38. The van der Waals surface area contributed by atoms with Gasteiger partial charge >= 0.3 is 6.03 Å². The summed E-state index contributed by atoms with van der Waals surface area (Å²) in [6.07, 6.45) is 1.14. The van der Waals surface area contributed by atoms with Crippen molar-refractivity contribution in [1.29, 1.82) is 0 Å². The molecule has 14 heavy (non-hydrogen) atoms. The van der Waals surface area contributed by atoms with E-state index in [9.17, 15) is 4.79 Å². The van der Waals surface area contributed by atoms with E-state index in [1.54, 1.807) is 4.90 Å². The standard InChI is InChI=1S/C10H21N3O/c1-4-5-11-9(2)8-13-7-6-12(3)10(13)14/h9,11H,4-8H2,1-3H3. The second kappa shape index (κ2) is 5.20. The number of rotatable bonds is 5. The smallest absolute Gasteiger partial charge is 0.319 e. The highest BCUT2D eigenvalue weighted by Crippen LogP contribution is 2.06. The van der Waals surface area contributed by atoms with Crippen molar-refractivity contribution >= 4 is 6.03 Å². The highest BCUT2D eigenvalue weighted by molar-refractivity contribution is 5.76. The van der Waals surface area contributed by atoms with Crippen molar-refractivity contribution < 1.29 is 4.79 Å². The Morgan fingerprint density at radius 3 is 2.71 bits per heavy atom. The zero-order valence-electron chi connectivity index (χ0n) is 9.42. The van der Waals surface area contributed by atoms with Crippen LogP contribution in [-0.4, -0.2) is 55.1 Å². The van der Waals surface area contributed by atoms with Gasteiger partial charge in [0.15, 0.2) is 0 Å². The Balaban J connectivity index is 2.26. The summed E-state index contributed by atoms with van der Waals surface area (Å²) in [5.74, 6) is 0. The molecule has 1 fully saturated rings. The first-order chi connectivity index (χ1) is 6.65. The quantitative estimate of drug-likeness (QED) is 0.709. The first kappa shape index (κ1) is 11.3. The van der Waals surface area contributed by atoms with Crippen molar-refractivity contribution in [3.8, 4) is 0 Å². The summed E-state index contributed by atoms with van der Waals surface area (Å²) in [6, 6.07) is 0.556. The van der Waals surface area contributed by atoms with E-state index in [4.69, 9.17) is 0 Å². The van der Waals surface area contributed by atoms with E-state index in [2.05, 4.69) is 19.2 Å². The second-order valence-corrected chi connectivity index (χ2v) is 4.01. The molecule has 0 aromatic carbocycles. The number of urea groups is 1. The fourth-order valence-corrected chi connectivity index (χ4v) is 1.66. The van der Waals surface area contributed by atoms with Gasteiger partial charge in [0.1, 0.15) is 0 Å². The third-order valence-corrected chi connectivity index (χ3v) is 2.54. The van der Waals surface area contributed by atoms with E-state index >= 15 is 0 Å². The molecule has 82 valence electrons. The lowest BCUT2D eigenvalue weighted by Gasteiger charge is -2.21. The lowest BCUT2D eigenvalue weighted by molar-refractivity contribution is 0.195. The van der Waals surface area contributed by atoms with Crippen molar-refractivity contribution in [2.45, 2.75) is 26.3 Å². The van der Waals surface area contributed by atoms with Gasteiger partial charge in [-0.15, -0.1) is 0 Å². The van der Waals surface area contributed by atoms with Crippen LogP contribution in [-0.2, 0) is 0 Å². The zero-order valence-corrected chi connectivity index (χ0v) is 9.42. The van der Waals surface area contributed by atoms with Crippen molar-refractivity contribution in [3.05, 3.63) is 0 Å². The first-order valence-electron chi connectivity index (χ1n) is 5.38. The van der Waals surface area contributed by atoms with Crippen LogP contribution in [0.5, 0.6) is 0 Å². The molecule has 0 aromatic heterocycles. The van der Waals surface area contributed by atoms with E-state index in [1.807, 2.05) is 11.9 Å². The zero-order chi connectivity index (χ0) is 10.6. The van der Waals surface area contributed by atoms with Crippen LogP contribution < -0.4 is 5.32 Å². The van der Waals surface area contributed by atoms with Crippen molar-refractivity contribution in [1.82, 2.24) is 15.1 Å². The molecular weight excluding hydrogens is 178 g/mol. The van der Waals surface area contributed by atoms with Gasteiger partial charge in [0, 0.05) is 32.7 Å². The molecule has 4 nitrogen and oxygen atoms in total. The van der Waals surface area contributed by atoms with Gasteiger partial charge in [-0.1, -0.05) is 6.92 Å². The maximum atomic E-state index is 11.5. The molecule has 1 aliphatic heterocycles. The summed E-state index contributed by atoms with van der Waals surface area (Å²) < 4.78 is 0. The van der Waals surface area contributed by atoms with Gasteiger partial charge < -0.3 is 15.1 Å². The van der Waals surface area contributed by atoms with Gasteiger partial charge in [-0.05, 0) is 19.9 Å². The number of likely N-dealkylation sites (N-methyl/N-ethyl adjacent to an activating group) is 1. The van der Waals surface area contributed by atoms with Gasteiger partial charge in [0.05, 0.1) is 0 Å². The Morgan fingerprint density at radius 2 is 2.21 bits per heavy atom. The van der Waals surface area contributed by atoms with E-state index in [0.717, 1.165) is 32.6 Å². The Kier molecular flexibility index (Phi) is 4.20. The van der Waals surface area contributed by atoms with Gasteiger partial charge in [-0.3, -0.25) is 0 Å². The number of nitrogens with one attached hydrogen (secondary N) is 1. The van der Waals surface area contributed by atoms with Crippen LogP contribution in [0.4, 0.5) is 4.79 Å². The average molecular weight is 199 g/mol. The molecule has 2 amide bonds. The molecule has 1 rings (SSSR count). The molecule has 1 aliphatic rings. The maximum absolute atomic E-state index is 11.5. The molecule has 1 unspecified atom stereocenters. The molecule has 0 saturated carbocycles. The van der Waals surface area contributed by atoms with Gasteiger partial charge in [0.2, 0.25) is 0 Å². The number of carbonyl (C=O) groups excluding carboxylic acids is 1. The van der Waals surface area contributed by atoms with E-state index in [-0.39, 0.29) is 6.03 Å². The number of amides is 2.